The van der Waals surface area contributed by atoms with E-state index in [1.807, 2.05) is 0 Å². The summed E-state index contributed by atoms with van der Waals surface area (Å²) in [6.45, 7) is 1.88. The van der Waals surface area contributed by atoms with Gasteiger partial charge in [-0.15, -0.1) is 0 Å². The third-order valence-corrected chi connectivity index (χ3v) is 3.08. The van der Waals surface area contributed by atoms with Crippen LogP contribution in [0.15, 0.2) is 36.4 Å². The van der Waals surface area contributed by atoms with Gasteiger partial charge in [0.1, 0.15) is 6.04 Å². The van der Waals surface area contributed by atoms with Gasteiger partial charge in [-0.2, -0.15) is 0 Å². The van der Waals surface area contributed by atoms with E-state index in [1.165, 1.54) is 24.3 Å². The topological polar surface area (TPSA) is 142 Å². The second-order valence-corrected chi connectivity index (χ2v) is 5.02. The van der Waals surface area contributed by atoms with Crippen LogP contribution < -0.4 is 11.1 Å². The highest BCUT2D eigenvalue weighted by molar-refractivity contribution is 5.88. The lowest BCUT2D eigenvalue weighted by molar-refractivity contribution is -0.384. The molecule has 0 saturated carbocycles. The van der Waals surface area contributed by atoms with Gasteiger partial charge in [-0.1, -0.05) is 18.2 Å². The third kappa shape index (κ3) is 7.25. The molecule has 1 aromatic rings. The number of rotatable bonds is 9. The Hall–Kier alpha value is -3.23. The van der Waals surface area contributed by atoms with Crippen molar-refractivity contribution in [1.82, 2.24) is 5.32 Å². The highest BCUT2D eigenvalue weighted by Crippen LogP contribution is 2.13. The number of hydrogen-bond acceptors (Lipinski definition) is 6. The van der Waals surface area contributed by atoms with Crippen molar-refractivity contribution in [2.45, 2.75) is 25.8 Å². The standard InChI is InChI=1S/C16H19N3O6/c1-2-25-15(21)8-4-7-13(16(17)22)18-14(20)10-11-5-3-6-12(9-11)19(23)24/h3-6,8-9,13H,2,7,10H2,1H3,(H2,17,22)(H,18,20)/b8-4+/t13-/m0/s1. The molecule has 1 atom stereocenters. The van der Waals surface area contributed by atoms with Crippen LogP contribution in [0, 0.1) is 10.1 Å². The quantitative estimate of drug-likeness (QED) is 0.290. The highest BCUT2D eigenvalue weighted by atomic mass is 16.6. The number of carbonyl (C=O) groups excluding carboxylic acids is 3. The van der Waals surface area contributed by atoms with Crippen LogP contribution in [-0.2, 0) is 25.5 Å². The third-order valence-electron chi connectivity index (χ3n) is 3.08. The SMILES string of the molecule is CCOC(=O)/C=C/C[C@H](NC(=O)Cc1cccc([N+](=O)[O-])c1)C(N)=O. The number of nitrogens with one attached hydrogen (secondary N) is 1. The van der Waals surface area contributed by atoms with Gasteiger partial charge in [0, 0.05) is 18.2 Å². The molecule has 134 valence electrons. The van der Waals surface area contributed by atoms with Crippen LogP contribution >= 0.6 is 0 Å². The van der Waals surface area contributed by atoms with Gasteiger partial charge in [0.15, 0.2) is 0 Å². The maximum absolute atomic E-state index is 12.0. The summed E-state index contributed by atoms with van der Waals surface area (Å²) in [7, 11) is 0. The molecule has 2 amide bonds. The Bertz CT molecular complexity index is 686. The van der Waals surface area contributed by atoms with E-state index in [1.54, 1.807) is 13.0 Å². The van der Waals surface area contributed by atoms with E-state index >= 15 is 0 Å². The molecule has 1 rings (SSSR count). The molecule has 0 aliphatic carbocycles. The van der Waals surface area contributed by atoms with Crippen molar-refractivity contribution in [3.05, 3.63) is 52.1 Å². The molecule has 0 bridgehead atoms. The number of non-ortho nitro benzene ring substituents is 1. The van der Waals surface area contributed by atoms with Crippen LogP contribution in [0.2, 0.25) is 0 Å². The van der Waals surface area contributed by atoms with E-state index in [4.69, 9.17) is 10.5 Å². The summed E-state index contributed by atoms with van der Waals surface area (Å²) in [5, 5.41) is 13.2. The maximum atomic E-state index is 12.0. The molecule has 3 N–H and O–H groups in total. The number of nitrogens with zero attached hydrogens (tertiary/aromatic N) is 1. The first kappa shape index (κ1) is 19.8. The zero-order valence-electron chi connectivity index (χ0n) is 13.6. The van der Waals surface area contributed by atoms with Crippen molar-refractivity contribution in [3.63, 3.8) is 0 Å². The van der Waals surface area contributed by atoms with Crippen LogP contribution in [0.4, 0.5) is 5.69 Å². The summed E-state index contributed by atoms with van der Waals surface area (Å²) in [5.41, 5.74) is 5.52. The molecular weight excluding hydrogens is 330 g/mol. The fourth-order valence-corrected chi connectivity index (χ4v) is 1.95. The average Bonchev–Trinajstić information content (AvgIpc) is 2.54. The zero-order valence-corrected chi connectivity index (χ0v) is 13.6. The van der Waals surface area contributed by atoms with Crippen molar-refractivity contribution in [1.29, 1.82) is 0 Å². The van der Waals surface area contributed by atoms with Gasteiger partial charge in [0.05, 0.1) is 18.0 Å². The van der Waals surface area contributed by atoms with E-state index in [0.29, 0.717) is 5.56 Å². The molecule has 0 spiro atoms. The summed E-state index contributed by atoms with van der Waals surface area (Å²) < 4.78 is 4.69. The number of nitro benzene ring substituents is 1. The van der Waals surface area contributed by atoms with Crippen molar-refractivity contribution in [2.75, 3.05) is 6.61 Å². The molecule has 0 unspecified atom stereocenters. The summed E-state index contributed by atoms with van der Waals surface area (Å²) in [6.07, 6.45) is 2.40. The van der Waals surface area contributed by atoms with E-state index in [9.17, 15) is 24.5 Å². The van der Waals surface area contributed by atoms with E-state index < -0.39 is 28.7 Å². The molecule has 25 heavy (non-hydrogen) atoms. The molecule has 0 aliphatic rings. The lowest BCUT2D eigenvalue weighted by atomic mass is 10.1. The second-order valence-electron chi connectivity index (χ2n) is 5.02. The minimum atomic E-state index is -1.00. The molecule has 0 fully saturated rings. The first-order valence-electron chi connectivity index (χ1n) is 7.48. The van der Waals surface area contributed by atoms with Gasteiger partial charge in [-0.3, -0.25) is 19.7 Å². The number of amides is 2. The van der Waals surface area contributed by atoms with Crippen LogP contribution in [0.5, 0.6) is 0 Å². The smallest absolute Gasteiger partial charge is 0.330 e. The lowest BCUT2D eigenvalue weighted by Crippen LogP contribution is -2.44. The van der Waals surface area contributed by atoms with E-state index in [2.05, 4.69) is 5.32 Å². The monoisotopic (exact) mass is 349 g/mol. The minimum absolute atomic E-state index is 0.0226. The van der Waals surface area contributed by atoms with Crippen molar-refractivity contribution < 1.29 is 24.0 Å². The van der Waals surface area contributed by atoms with Gasteiger partial charge >= 0.3 is 5.97 Å². The Morgan fingerprint density at radius 2 is 2.12 bits per heavy atom. The van der Waals surface area contributed by atoms with Crippen molar-refractivity contribution in [3.8, 4) is 0 Å². The van der Waals surface area contributed by atoms with Crippen molar-refractivity contribution in [2.24, 2.45) is 5.73 Å². The second kappa shape index (κ2) is 9.81. The Balaban J connectivity index is 2.64. The highest BCUT2D eigenvalue weighted by Gasteiger charge is 2.17. The summed E-state index contributed by atoms with van der Waals surface area (Å²) in [4.78, 5) is 44.7. The van der Waals surface area contributed by atoms with Crippen molar-refractivity contribution >= 4 is 23.5 Å². The number of ether oxygens (including phenoxy) is 1. The molecular formula is C16H19N3O6. The normalized spacial score (nSPS) is 11.7. The van der Waals surface area contributed by atoms with E-state index in [0.717, 1.165) is 6.08 Å². The van der Waals surface area contributed by atoms with Crippen LogP contribution in [-0.4, -0.2) is 35.4 Å². The van der Waals surface area contributed by atoms with E-state index in [-0.39, 0.29) is 25.1 Å². The Morgan fingerprint density at radius 3 is 2.72 bits per heavy atom. The first-order valence-corrected chi connectivity index (χ1v) is 7.48. The van der Waals surface area contributed by atoms with Crippen LogP contribution in [0.3, 0.4) is 0 Å². The zero-order chi connectivity index (χ0) is 18.8. The predicted octanol–water partition coefficient (Wildman–Crippen LogP) is 0.617. The van der Waals surface area contributed by atoms with Gasteiger partial charge < -0.3 is 15.8 Å². The van der Waals surface area contributed by atoms with Crippen LogP contribution in [0.25, 0.3) is 0 Å². The molecule has 9 nitrogen and oxygen atoms in total. The summed E-state index contributed by atoms with van der Waals surface area (Å²) in [5.74, 6) is -1.84. The van der Waals surface area contributed by atoms with Gasteiger partial charge in [-0.25, -0.2) is 4.79 Å². The van der Waals surface area contributed by atoms with Gasteiger partial charge in [-0.05, 0) is 18.9 Å². The molecule has 0 aromatic heterocycles. The number of benzene rings is 1. The largest absolute Gasteiger partial charge is 0.463 e. The number of hydrogen-bond donors (Lipinski definition) is 2. The average molecular weight is 349 g/mol. The molecule has 0 aliphatic heterocycles. The first-order chi connectivity index (χ1) is 11.8. The summed E-state index contributed by atoms with van der Waals surface area (Å²) in [6, 6.07) is 4.62. The Kier molecular flexibility index (Phi) is 7.77. The lowest BCUT2D eigenvalue weighted by Gasteiger charge is -2.13. The Morgan fingerprint density at radius 1 is 1.40 bits per heavy atom. The number of primary amides is 1. The molecule has 9 heteroatoms. The Labute approximate surface area is 144 Å². The van der Waals surface area contributed by atoms with Crippen LogP contribution in [0.1, 0.15) is 18.9 Å². The van der Waals surface area contributed by atoms with Gasteiger partial charge in [0.25, 0.3) is 5.69 Å². The predicted molar refractivity (Wildman–Crippen MR) is 88.3 cm³/mol. The number of carbonyl (C=O) groups is 3. The number of nitrogens with two attached hydrogens (primary N) is 1. The number of esters is 1. The number of nitro groups is 1. The molecule has 0 heterocycles. The van der Waals surface area contributed by atoms with Gasteiger partial charge in [0.2, 0.25) is 11.8 Å². The molecule has 0 radical (unpaired) electrons. The minimum Gasteiger partial charge on any atom is -0.463 e. The molecule has 1 aromatic carbocycles. The fraction of sp³-hybridized carbons (Fsp3) is 0.312. The maximum Gasteiger partial charge on any atom is 0.330 e. The fourth-order valence-electron chi connectivity index (χ4n) is 1.95. The summed E-state index contributed by atoms with van der Waals surface area (Å²) >= 11 is 0. The molecule has 0 saturated heterocycles.